The van der Waals surface area contributed by atoms with Crippen molar-refractivity contribution in [3.63, 3.8) is 0 Å². The Balaban J connectivity index is 2.08. The van der Waals surface area contributed by atoms with E-state index >= 15 is 0 Å². The molecule has 0 saturated carbocycles. The van der Waals surface area contributed by atoms with E-state index in [1.807, 2.05) is 31.3 Å². The Kier molecular flexibility index (Phi) is 3.33. The van der Waals surface area contributed by atoms with E-state index in [1.54, 1.807) is 0 Å². The lowest BCUT2D eigenvalue weighted by Gasteiger charge is -2.08. The lowest BCUT2D eigenvalue weighted by molar-refractivity contribution is 1.04. The minimum absolute atomic E-state index is 0.729. The molecule has 2 rings (SSSR count). The number of aryl methyl sites for hydroxylation is 1. The van der Waals surface area contributed by atoms with Crippen LogP contribution in [0.5, 0.6) is 0 Å². The first kappa shape index (κ1) is 11.3. The summed E-state index contributed by atoms with van der Waals surface area (Å²) in [5.74, 6) is 0. The fourth-order valence-corrected chi connectivity index (χ4v) is 1.95. The number of hydrogen-bond donors (Lipinski definition) is 3. The lowest BCUT2D eigenvalue weighted by Crippen LogP contribution is -2.02. The number of nitrogens with two attached hydrogens (primary N) is 1. The SMILES string of the molecule is Cc1[nH]ncc1CNc1ccc(I)cc1N. The van der Waals surface area contributed by atoms with Gasteiger partial charge in [0.2, 0.25) is 0 Å². The van der Waals surface area contributed by atoms with Crippen molar-refractivity contribution in [3.05, 3.63) is 39.2 Å². The maximum absolute atomic E-state index is 5.91. The van der Waals surface area contributed by atoms with Crippen molar-refractivity contribution in [1.82, 2.24) is 10.2 Å². The third-order valence-corrected chi connectivity index (χ3v) is 3.09. The Labute approximate surface area is 108 Å². The van der Waals surface area contributed by atoms with Crippen LogP contribution < -0.4 is 11.1 Å². The molecule has 0 spiro atoms. The number of aromatic nitrogens is 2. The molecular formula is C11H13IN4. The van der Waals surface area contributed by atoms with Gasteiger partial charge in [-0.05, 0) is 47.7 Å². The van der Waals surface area contributed by atoms with Crippen LogP contribution in [0.2, 0.25) is 0 Å². The van der Waals surface area contributed by atoms with Gasteiger partial charge in [-0.3, -0.25) is 5.10 Å². The second kappa shape index (κ2) is 4.73. The van der Waals surface area contributed by atoms with Gasteiger partial charge >= 0.3 is 0 Å². The molecule has 0 unspecified atom stereocenters. The molecule has 1 heterocycles. The Morgan fingerprint density at radius 1 is 1.50 bits per heavy atom. The minimum atomic E-state index is 0.729. The normalized spacial score (nSPS) is 10.4. The fourth-order valence-electron chi connectivity index (χ4n) is 1.44. The van der Waals surface area contributed by atoms with Crippen LogP contribution in [0.15, 0.2) is 24.4 Å². The van der Waals surface area contributed by atoms with Crippen LogP contribution in [0.3, 0.4) is 0 Å². The van der Waals surface area contributed by atoms with E-state index in [0.29, 0.717) is 0 Å². The summed E-state index contributed by atoms with van der Waals surface area (Å²) in [4.78, 5) is 0. The molecular weight excluding hydrogens is 315 g/mol. The van der Waals surface area contributed by atoms with Gasteiger partial charge in [0.1, 0.15) is 0 Å². The van der Waals surface area contributed by atoms with Gasteiger partial charge in [0.15, 0.2) is 0 Å². The number of H-pyrrole nitrogens is 1. The minimum Gasteiger partial charge on any atom is -0.397 e. The number of hydrogen-bond acceptors (Lipinski definition) is 3. The van der Waals surface area contributed by atoms with Crippen molar-refractivity contribution in [2.24, 2.45) is 0 Å². The summed E-state index contributed by atoms with van der Waals surface area (Å²) in [5, 5.41) is 10.2. The van der Waals surface area contributed by atoms with Crippen LogP contribution in [-0.4, -0.2) is 10.2 Å². The van der Waals surface area contributed by atoms with E-state index in [4.69, 9.17) is 5.73 Å². The second-order valence-corrected chi connectivity index (χ2v) is 4.85. The third kappa shape index (κ3) is 2.46. The van der Waals surface area contributed by atoms with Gasteiger partial charge in [-0.25, -0.2) is 0 Å². The van der Waals surface area contributed by atoms with E-state index < -0.39 is 0 Å². The first-order chi connectivity index (χ1) is 7.66. The molecule has 4 nitrogen and oxygen atoms in total. The van der Waals surface area contributed by atoms with Crippen molar-refractivity contribution in [2.45, 2.75) is 13.5 Å². The van der Waals surface area contributed by atoms with Gasteiger partial charge in [0, 0.05) is 21.4 Å². The maximum atomic E-state index is 5.91. The zero-order valence-electron chi connectivity index (χ0n) is 8.92. The molecule has 0 bridgehead atoms. The van der Waals surface area contributed by atoms with E-state index in [9.17, 15) is 0 Å². The van der Waals surface area contributed by atoms with Gasteiger partial charge < -0.3 is 11.1 Å². The largest absolute Gasteiger partial charge is 0.397 e. The number of nitrogen functional groups attached to an aromatic ring is 1. The summed E-state index contributed by atoms with van der Waals surface area (Å²) in [6, 6.07) is 5.97. The van der Waals surface area contributed by atoms with E-state index in [-0.39, 0.29) is 0 Å². The first-order valence-corrected chi connectivity index (χ1v) is 6.02. The summed E-state index contributed by atoms with van der Waals surface area (Å²) < 4.78 is 1.14. The van der Waals surface area contributed by atoms with Gasteiger partial charge in [0.25, 0.3) is 0 Å². The van der Waals surface area contributed by atoms with Crippen LogP contribution in [-0.2, 0) is 6.54 Å². The average molecular weight is 328 g/mol. The highest BCUT2D eigenvalue weighted by Crippen LogP contribution is 2.21. The number of rotatable bonds is 3. The second-order valence-electron chi connectivity index (χ2n) is 3.61. The molecule has 0 radical (unpaired) electrons. The Morgan fingerprint density at radius 3 is 2.94 bits per heavy atom. The van der Waals surface area contributed by atoms with Crippen molar-refractivity contribution in [1.29, 1.82) is 0 Å². The molecule has 0 fully saturated rings. The fraction of sp³-hybridized carbons (Fsp3) is 0.182. The smallest absolute Gasteiger partial charge is 0.0577 e. The maximum Gasteiger partial charge on any atom is 0.0577 e. The topological polar surface area (TPSA) is 66.7 Å². The Morgan fingerprint density at radius 2 is 2.31 bits per heavy atom. The van der Waals surface area contributed by atoms with Crippen LogP contribution in [0.1, 0.15) is 11.3 Å². The molecule has 0 aliphatic rings. The van der Waals surface area contributed by atoms with Gasteiger partial charge in [-0.1, -0.05) is 0 Å². The zero-order chi connectivity index (χ0) is 11.5. The highest BCUT2D eigenvalue weighted by atomic mass is 127. The molecule has 0 aliphatic carbocycles. The molecule has 4 N–H and O–H groups in total. The van der Waals surface area contributed by atoms with E-state index in [1.165, 1.54) is 0 Å². The number of nitrogens with one attached hydrogen (secondary N) is 2. The van der Waals surface area contributed by atoms with Crippen LogP contribution in [0.4, 0.5) is 11.4 Å². The standard InChI is InChI=1S/C11H13IN4/c1-7-8(6-15-16-7)5-14-11-3-2-9(12)4-10(11)13/h2-4,6,14H,5,13H2,1H3,(H,15,16). The summed E-state index contributed by atoms with van der Waals surface area (Å²) in [6.45, 7) is 2.73. The predicted octanol–water partition coefficient (Wildman–Crippen LogP) is 2.52. The average Bonchev–Trinajstić information content (AvgIpc) is 2.63. The van der Waals surface area contributed by atoms with Gasteiger partial charge in [-0.15, -0.1) is 0 Å². The number of anilines is 2. The van der Waals surface area contributed by atoms with E-state index in [0.717, 1.165) is 32.7 Å². The molecule has 84 valence electrons. The zero-order valence-corrected chi connectivity index (χ0v) is 11.1. The molecule has 16 heavy (non-hydrogen) atoms. The van der Waals surface area contributed by atoms with Crippen molar-refractivity contribution >= 4 is 34.0 Å². The summed E-state index contributed by atoms with van der Waals surface area (Å²) in [6.07, 6.45) is 1.82. The molecule has 2 aromatic rings. The summed E-state index contributed by atoms with van der Waals surface area (Å²) in [7, 11) is 0. The third-order valence-electron chi connectivity index (χ3n) is 2.42. The molecule has 0 aliphatic heterocycles. The molecule has 0 atom stereocenters. The highest BCUT2D eigenvalue weighted by Gasteiger charge is 2.02. The van der Waals surface area contributed by atoms with Crippen LogP contribution in [0.25, 0.3) is 0 Å². The number of aromatic amines is 1. The van der Waals surface area contributed by atoms with E-state index in [2.05, 4.69) is 38.1 Å². The van der Waals surface area contributed by atoms with Crippen molar-refractivity contribution < 1.29 is 0 Å². The summed E-state index contributed by atoms with van der Waals surface area (Å²) >= 11 is 2.24. The number of halogens is 1. The van der Waals surface area contributed by atoms with Crippen molar-refractivity contribution in [3.8, 4) is 0 Å². The van der Waals surface area contributed by atoms with Crippen LogP contribution >= 0.6 is 22.6 Å². The Hall–Kier alpha value is -1.24. The van der Waals surface area contributed by atoms with Gasteiger partial charge in [-0.2, -0.15) is 5.10 Å². The molecule has 1 aromatic carbocycles. The number of nitrogens with zero attached hydrogens (tertiary/aromatic N) is 1. The monoisotopic (exact) mass is 328 g/mol. The highest BCUT2D eigenvalue weighted by molar-refractivity contribution is 14.1. The molecule has 5 heteroatoms. The first-order valence-electron chi connectivity index (χ1n) is 4.94. The predicted molar refractivity (Wildman–Crippen MR) is 74.2 cm³/mol. The molecule has 1 aromatic heterocycles. The quantitative estimate of drug-likeness (QED) is 0.599. The van der Waals surface area contributed by atoms with Crippen LogP contribution in [0, 0.1) is 10.5 Å². The molecule has 0 amide bonds. The number of benzene rings is 1. The Bertz CT molecular complexity index is 492. The molecule has 0 saturated heterocycles. The lowest BCUT2D eigenvalue weighted by atomic mass is 10.2. The van der Waals surface area contributed by atoms with Gasteiger partial charge in [0.05, 0.1) is 17.6 Å². The van der Waals surface area contributed by atoms with Crippen molar-refractivity contribution in [2.75, 3.05) is 11.1 Å². The summed E-state index contributed by atoms with van der Waals surface area (Å²) in [5.41, 5.74) is 9.87.